The number of anilines is 3. The summed E-state index contributed by atoms with van der Waals surface area (Å²) >= 11 is 0. The summed E-state index contributed by atoms with van der Waals surface area (Å²) in [5, 5.41) is 7.66. The van der Waals surface area contributed by atoms with E-state index in [-0.39, 0.29) is 0 Å². The molecule has 9 rings (SSSR count). The lowest BCUT2D eigenvalue weighted by atomic mass is 9.92. The summed E-state index contributed by atoms with van der Waals surface area (Å²) in [5.41, 5.74) is 7.71. The largest absolute Gasteiger partial charge is 0.309 e. The van der Waals surface area contributed by atoms with Gasteiger partial charge in [0, 0.05) is 38.0 Å². The fourth-order valence-corrected chi connectivity index (χ4v) is 10.9. The van der Waals surface area contributed by atoms with Gasteiger partial charge in [0.15, 0.2) is 7.14 Å². The summed E-state index contributed by atoms with van der Waals surface area (Å²) in [5.74, 6) is 0. The van der Waals surface area contributed by atoms with Gasteiger partial charge in [0.2, 0.25) is 0 Å². The molecule has 0 N–H and O–H groups in total. The van der Waals surface area contributed by atoms with Crippen LogP contribution in [0.25, 0.3) is 32.4 Å². The Balaban J connectivity index is 1.41. The number of rotatable bonds is 2. The van der Waals surface area contributed by atoms with Gasteiger partial charge >= 0.3 is 0 Å². The van der Waals surface area contributed by atoms with E-state index in [1.54, 1.807) is 0 Å². The van der Waals surface area contributed by atoms with Crippen LogP contribution in [0.3, 0.4) is 0 Å². The number of allylic oxidation sites excluding steroid dienone is 5. The van der Waals surface area contributed by atoms with Gasteiger partial charge in [0.1, 0.15) is 0 Å². The van der Waals surface area contributed by atoms with E-state index in [2.05, 4.69) is 151 Å². The molecule has 0 bridgehead atoms. The zero-order valence-corrected chi connectivity index (χ0v) is 24.5. The van der Waals surface area contributed by atoms with E-state index in [9.17, 15) is 0 Å². The van der Waals surface area contributed by atoms with Gasteiger partial charge in [-0.15, -0.1) is 0 Å². The average molecular weight is 570 g/mol. The lowest BCUT2D eigenvalue weighted by Gasteiger charge is -2.30. The van der Waals surface area contributed by atoms with Crippen LogP contribution < -0.4 is 10.2 Å². The second kappa shape index (κ2) is 9.30. The standard InChI is InChI=1S/C40H28NOP/c42-43(30-25-24-27-12-1-2-14-29(27)26-30)38-23-10-7-19-34(38)39-32-17-5-8-20-36(32)41(37-21-9-6-18-33(37)40(39)43)35-22-11-15-28-13-3-4-16-31(28)35/h1-9,11-22,24-26H,10,23H2. The Morgan fingerprint density at radius 1 is 0.581 bits per heavy atom. The maximum atomic E-state index is 16.2. The molecule has 6 aromatic rings. The molecule has 3 aliphatic rings. The fourth-order valence-electron chi connectivity index (χ4n) is 7.40. The van der Waals surface area contributed by atoms with Crippen molar-refractivity contribution < 1.29 is 4.57 Å². The molecule has 2 aliphatic heterocycles. The summed E-state index contributed by atoms with van der Waals surface area (Å²) in [6.07, 6.45) is 6.20. The molecule has 43 heavy (non-hydrogen) atoms. The zero-order chi connectivity index (χ0) is 28.5. The highest BCUT2D eigenvalue weighted by molar-refractivity contribution is 7.85. The third-order valence-electron chi connectivity index (χ3n) is 9.26. The van der Waals surface area contributed by atoms with Gasteiger partial charge in [-0.3, -0.25) is 0 Å². The van der Waals surface area contributed by atoms with Gasteiger partial charge in [-0.05, 0) is 58.8 Å². The van der Waals surface area contributed by atoms with Gasteiger partial charge < -0.3 is 9.46 Å². The minimum atomic E-state index is -3.19. The van der Waals surface area contributed by atoms with E-state index in [0.717, 1.165) is 78.9 Å². The van der Waals surface area contributed by atoms with Crippen molar-refractivity contribution in [3.05, 3.63) is 168 Å². The number of hydrogen-bond donors (Lipinski definition) is 0. The van der Waals surface area contributed by atoms with Crippen molar-refractivity contribution in [1.29, 1.82) is 0 Å². The molecule has 1 atom stereocenters. The molecule has 0 radical (unpaired) electrons. The lowest BCUT2D eigenvalue weighted by Crippen LogP contribution is -2.14. The van der Waals surface area contributed by atoms with E-state index in [0.29, 0.717) is 0 Å². The molecule has 204 valence electrons. The minimum absolute atomic E-state index is 0.806. The molecule has 0 fully saturated rings. The number of hydrogen-bond acceptors (Lipinski definition) is 2. The van der Waals surface area contributed by atoms with Crippen molar-refractivity contribution in [2.45, 2.75) is 12.8 Å². The van der Waals surface area contributed by atoms with Gasteiger partial charge in [0.25, 0.3) is 0 Å². The van der Waals surface area contributed by atoms with Crippen LogP contribution in [0.5, 0.6) is 0 Å². The van der Waals surface area contributed by atoms with Crippen LogP contribution in [0.15, 0.2) is 156 Å². The van der Waals surface area contributed by atoms with E-state index >= 15 is 4.57 Å². The third-order valence-corrected chi connectivity index (χ3v) is 12.6. The number of fused-ring (bicyclic) bond motifs is 7. The molecule has 2 nitrogen and oxygen atoms in total. The molecule has 0 spiro atoms. The van der Waals surface area contributed by atoms with Gasteiger partial charge in [-0.25, -0.2) is 0 Å². The normalized spacial score (nSPS) is 18.8. The Kier molecular flexibility index (Phi) is 5.33. The van der Waals surface area contributed by atoms with Gasteiger partial charge in [-0.2, -0.15) is 0 Å². The van der Waals surface area contributed by atoms with Gasteiger partial charge in [0.05, 0.1) is 17.1 Å². The van der Waals surface area contributed by atoms with Crippen molar-refractivity contribution in [1.82, 2.24) is 0 Å². The molecule has 0 saturated carbocycles. The monoisotopic (exact) mass is 569 g/mol. The second-order valence-electron chi connectivity index (χ2n) is 11.5. The van der Waals surface area contributed by atoms with E-state index in [4.69, 9.17) is 0 Å². The predicted molar refractivity (Wildman–Crippen MR) is 182 cm³/mol. The Morgan fingerprint density at radius 3 is 2.09 bits per heavy atom. The average Bonchev–Trinajstić information content (AvgIpc) is 3.26. The van der Waals surface area contributed by atoms with E-state index < -0.39 is 7.14 Å². The maximum Gasteiger partial charge on any atom is 0.169 e. The summed E-state index contributed by atoms with van der Waals surface area (Å²) in [7, 11) is -3.19. The Morgan fingerprint density at radius 2 is 1.23 bits per heavy atom. The Hall–Kier alpha value is -4.91. The summed E-state index contributed by atoms with van der Waals surface area (Å²) in [4.78, 5) is 2.39. The van der Waals surface area contributed by atoms with Crippen LogP contribution in [0, 0.1) is 0 Å². The number of nitrogens with zero attached hydrogens (tertiary/aromatic N) is 1. The highest BCUT2D eigenvalue weighted by Crippen LogP contribution is 2.76. The SMILES string of the molecule is O=P1(c2ccc3ccccc3c2)C2=C(C=CCC2)C2=C1c1ccccc1N(c1cccc3ccccc13)c1ccccc12. The van der Waals surface area contributed by atoms with Crippen molar-refractivity contribution >= 4 is 61.9 Å². The number of para-hydroxylation sites is 2. The van der Waals surface area contributed by atoms with E-state index in [1.807, 2.05) is 0 Å². The molecular formula is C40H28NOP. The molecule has 0 aromatic heterocycles. The minimum Gasteiger partial charge on any atom is -0.309 e. The summed E-state index contributed by atoms with van der Waals surface area (Å²) in [6.45, 7) is 0. The second-order valence-corrected chi connectivity index (χ2v) is 14.3. The molecular weight excluding hydrogens is 541 g/mol. The summed E-state index contributed by atoms with van der Waals surface area (Å²) in [6, 6.07) is 47.2. The smallest absolute Gasteiger partial charge is 0.169 e. The van der Waals surface area contributed by atoms with Crippen LogP contribution in [0.2, 0.25) is 0 Å². The molecule has 2 heterocycles. The van der Waals surface area contributed by atoms with Crippen molar-refractivity contribution in [3.8, 4) is 0 Å². The Bertz CT molecular complexity index is 2280. The van der Waals surface area contributed by atoms with Crippen molar-refractivity contribution in [3.63, 3.8) is 0 Å². The van der Waals surface area contributed by atoms with Gasteiger partial charge in [-0.1, -0.05) is 121 Å². The van der Waals surface area contributed by atoms with Crippen molar-refractivity contribution in [2.75, 3.05) is 4.90 Å². The van der Waals surface area contributed by atoms with Crippen LogP contribution in [0.4, 0.5) is 17.1 Å². The molecule has 0 saturated heterocycles. The molecule has 3 heteroatoms. The quantitative estimate of drug-likeness (QED) is 0.193. The molecule has 1 unspecified atom stereocenters. The first-order valence-electron chi connectivity index (χ1n) is 14.9. The van der Waals surface area contributed by atoms with Crippen LogP contribution in [-0.4, -0.2) is 0 Å². The Labute approximate surface area is 251 Å². The fraction of sp³-hybridized carbons (Fsp3) is 0.0500. The third kappa shape index (κ3) is 3.45. The molecule has 0 amide bonds. The van der Waals surface area contributed by atoms with E-state index in [1.165, 1.54) is 10.8 Å². The van der Waals surface area contributed by atoms with Crippen LogP contribution >= 0.6 is 7.14 Å². The highest BCUT2D eigenvalue weighted by Gasteiger charge is 2.47. The highest BCUT2D eigenvalue weighted by atomic mass is 31.2. The first kappa shape index (κ1) is 24.7. The predicted octanol–water partition coefficient (Wildman–Crippen LogP) is 11.0. The first-order valence-corrected chi connectivity index (χ1v) is 16.7. The zero-order valence-electron chi connectivity index (χ0n) is 23.6. The molecule has 6 aromatic carbocycles. The topological polar surface area (TPSA) is 20.3 Å². The first-order chi connectivity index (χ1) is 21.2. The maximum absolute atomic E-state index is 16.2. The van der Waals surface area contributed by atoms with Crippen LogP contribution in [-0.2, 0) is 4.57 Å². The van der Waals surface area contributed by atoms with Crippen molar-refractivity contribution in [2.24, 2.45) is 0 Å². The van der Waals surface area contributed by atoms with Crippen LogP contribution in [0.1, 0.15) is 24.0 Å². The summed E-state index contributed by atoms with van der Waals surface area (Å²) < 4.78 is 16.2. The lowest BCUT2D eigenvalue weighted by molar-refractivity contribution is 0.590. The number of benzene rings is 6. The molecule has 1 aliphatic carbocycles.